The lowest BCUT2D eigenvalue weighted by molar-refractivity contribution is -0.137. The van der Waals surface area contributed by atoms with E-state index in [9.17, 15) is 22.8 Å². The molecule has 0 aliphatic heterocycles. The van der Waals surface area contributed by atoms with Crippen LogP contribution in [0.5, 0.6) is 0 Å². The predicted molar refractivity (Wildman–Crippen MR) is 81.4 cm³/mol. The summed E-state index contributed by atoms with van der Waals surface area (Å²) in [5.41, 5.74) is -0.968. The highest BCUT2D eigenvalue weighted by atomic mass is 35.5. The number of rotatable bonds is 5. The number of thioether (sulfide) groups is 1. The van der Waals surface area contributed by atoms with E-state index in [2.05, 4.69) is 15.6 Å². The number of hydrogen-bond donors (Lipinski definition) is 2. The number of urea groups is 1. The van der Waals surface area contributed by atoms with Crippen molar-refractivity contribution in [2.24, 2.45) is 5.92 Å². The highest BCUT2D eigenvalue weighted by Crippen LogP contribution is 2.33. The van der Waals surface area contributed by atoms with Crippen molar-refractivity contribution in [3.8, 4) is 0 Å². The lowest BCUT2D eigenvalue weighted by atomic mass is 10.2. The van der Waals surface area contributed by atoms with Crippen LogP contribution in [0.3, 0.4) is 0 Å². The van der Waals surface area contributed by atoms with Gasteiger partial charge in [0.1, 0.15) is 5.03 Å². The van der Waals surface area contributed by atoms with Gasteiger partial charge in [-0.1, -0.05) is 37.2 Å². The first-order chi connectivity index (χ1) is 10.6. The first-order valence-electron chi connectivity index (χ1n) is 6.52. The fraction of sp³-hybridized carbons (Fsp3) is 0.462. The normalized spacial score (nSPS) is 11.4. The van der Waals surface area contributed by atoms with E-state index in [1.807, 2.05) is 13.8 Å². The number of carbonyl (C=O) groups excluding carboxylic acids is 2. The summed E-state index contributed by atoms with van der Waals surface area (Å²) in [5.74, 6) is -0.568. The highest BCUT2D eigenvalue weighted by Gasteiger charge is 2.31. The van der Waals surface area contributed by atoms with Gasteiger partial charge in [-0.05, 0) is 12.0 Å². The molecule has 0 saturated heterocycles. The maximum Gasteiger partial charge on any atom is 0.417 e. The van der Waals surface area contributed by atoms with Crippen molar-refractivity contribution in [1.82, 2.24) is 15.6 Å². The Hall–Kier alpha value is -1.48. The summed E-state index contributed by atoms with van der Waals surface area (Å²) in [6.07, 6.45) is -3.90. The summed E-state index contributed by atoms with van der Waals surface area (Å²) in [5, 5.41) is 4.47. The Labute approximate surface area is 140 Å². The van der Waals surface area contributed by atoms with Gasteiger partial charge in [0, 0.05) is 12.7 Å². The van der Waals surface area contributed by atoms with Crippen LogP contribution in [0.25, 0.3) is 0 Å². The number of amides is 3. The number of nitrogens with zero attached hydrogens (tertiary/aromatic N) is 1. The van der Waals surface area contributed by atoms with E-state index < -0.39 is 23.7 Å². The van der Waals surface area contributed by atoms with Crippen molar-refractivity contribution < 1.29 is 22.8 Å². The van der Waals surface area contributed by atoms with E-state index in [-0.39, 0.29) is 21.7 Å². The van der Waals surface area contributed by atoms with Gasteiger partial charge in [-0.3, -0.25) is 10.1 Å². The maximum atomic E-state index is 12.5. The summed E-state index contributed by atoms with van der Waals surface area (Å²) in [6, 6.07) is 0.111. The van der Waals surface area contributed by atoms with E-state index in [0.717, 1.165) is 17.8 Å². The van der Waals surface area contributed by atoms with Crippen LogP contribution in [0.15, 0.2) is 17.3 Å². The lowest BCUT2D eigenvalue weighted by Gasteiger charge is -2.10. The van der Waals surface area contributed by atoms with Crippen LogP contribution in [0, 0.1) is 5.92 Å². The SMILES string of the molecule is CC(C)CNC(=O)NC(=O)CSc1ncc(C(F)(F)F)cc1Cl. The summed E-state index contributed by atoms with van der Waals surface area (Å²) < 4.78 is 37.4. The Bertz CT molecular complexity index is 582. The summed E-state index contributed by atoms with van der Waals surface area (Å²) in [4.78, 5) is 26.5. The van der Waals surface area contributed by atoms with Crippen LogP contribution >= 0.6 is 23.4 Å². The number of aromatic nitrogens is 1. The van der Waals surface area contributed by atoms with Crippen LogP contribution in [0.1, 0.15) is 19.4 Å². The molecule has 0 spiro atoms. The molecule has 0 aliphatic rings. The average Bonchev–Trinajstić information content (AvgIpc) is 2.42. The molecular weight excluding hydrogens is 355 g/mol. The maximum absolute atomic E-state index is 12.5. The second-order valence-corrected chi connectivity index (χ2v) is 6.32. The Morgan fingerprint density at radius 2 is 2.04 bits per heavy atom. The van der Waals surface area contributed by atoms with Crippen LogP contribution < -0.4 is 10.6 Å². The summed E-state index contributed by atoms with van der Waals surface area (Å²) in [6.45, 7) is 4.21. The largest absolute Gasteiger partial charge is 0.417 e. The van der Waals surface area contributed by atoms with Crippen molar-refractivity contribution in [2.45, 2.75) is 25.0 Å². The molecule has 1 heterocycles. The Morgan fingerprint density at radius 3 is 2.57 bits per heavy atom. The molecular formula is C13H15ClF3N3O2S. The van der Waals surface area contributed by atoms with Crippen molar-refractivity contribution >= 4 is 35.3 Å². The minimum atomic E-state index is -4.54. The molecule has 0 aromatic carbocycles. The molecule has 1 aromatic heterocycles. The van der Waals surface area contributed by atoms with Crippen LogP contribution in [-0.4, -0.2) is 29.2 Å². The molecule has 3 amide bonds. The molecule has 23 heavy (non-hydrogen) atoms. The molecule has 0 aliphatic carbocycles. The van der Waals surface area contributed by atoms with Gasteiger partial charge in [0.25, 0.3) is 0 Å². The minimum absolute atomic E-state index is 0.0809. The number of carbonyl (C=O) groups is 2. The van der Waals surface area contributed by atoms with E-state index in [1.165, 1.54) is 0 Å². The molecule has 2 N–H and O–H groups in total. The Balaban J connectivity index is 2.52. The molecule has 5 nitrogen and oxygen atoms in total. The zero-order valence-corrected chi connectivity index (χ0v) is 13.9. The van der Waals surface area contributed by atoms with Crippen LogP contribution in [0.2, 0.25) is 5.02 Å². The van der Waals surface area contributed by atoms with E-state index in [1.54, 1.807) is 0 Å². The average molecular weight is 370 g/mol. The quantitative estimate of drug-likeness (QED) is 0.781. The van der Waals surface area contributed by atoms with E-state index in [0.29, 0.717) is 12.7 Å². The summed E-state index contributed by atoms with van der Waals surface area (Å²) in [7, 11) is 0. The first kappa shape index (κ1) is 19.6. The topological polar surface area (TPSA) is 71.1 Å². The van der Waals surface area contributed by atoms with Crippen molar-refractivity contribution in [3.63, 3.8) is 0 Å². The number of imide groups is 1. The molecule has 0 atom stereocenters. The second kappa shape index (κ2) is 8.39. The smallest absolute Gasteiger partial charge is 0.338 e. The molecule has 1 rings (SSSR count). The molecule has 0 fully saturated rings. The fourth-order valence-corrected chi connectivity index (χ4v) is 2.32. The Kier molecular flexibility index (Phi) is 7.14. The van der Waals surface area contributed by atoms with Crippen molar-refractivity contribution in [1.29, 1.82) is 0 Å². The number of pyridine rings is 1. The lowest BCUT2D eigenvalue weighted by Crippen LogP contribution is -2.41. The second-order valence-electron chi connectivity index (χ2n) is 4.95. The Morgan fingerprint density at radius 1 is 1.39 bits per heavy atom. The molecule has 128 valence electrons. The number of hydrogen-bond acceptors (Lipinski definition) is 4. The van der Waals surface area contributed by atoms with Gasteiger partial charge >= 0.3 is 12.2 Å². The molecule has 10 heteroatoms. The zero-order chi connectivity index (χ0) is 17.6. The summed E-state index contributed by atoms with van der Waals surface area (Å²) >= 11 is 6.55. The molecule has 0 saturated carbocycles. The van der Waals surface area contributed by atoms with Gasteiger partial charge in [0.15, 0.2) is 0 Å². The van der Waals surface area contributed by atoms with Crippen LogP contribution in [-0.2, 0) is 11.0 Å². The molecule has 1 aromatic rings. The first-order valence-corrected chi connectivity index (χ1v) is 7.89. The molecule has 0 radical (unpaired) electrons. The highest BCUT2D eigenvalue weighted by molar-refractivity contribution is 8.00. The molecule has 0 unspecified atom stereocenters. The van der Waals surface area contributed by atoms with Crippen molar-refractivity contribution in [3.05, 3.63) is 22.8 Å². The molecule has 0 bridgehead atoms. The number of halogens is 4. The van der Waals surface area contributed by atoms with Gasteiger partial charge in [-0.15, -0.1) is 0 Å². The third-order valence-corrected chi connectivity index (χ3v) is 3.80. The minimum Gasteiger partial charge on any atom is -0.338 e. The third kappa shape index (κ3) is 7.08. The van der Waals surface area contributed by atoms with Gasteiger partial charge in [-0.25, -0.2) is 9.78 Å². The number of nitrogens with one attached hydrogen (secondary N) is 2. The standard InChI is InChI=1S/C13H15ClF3N3O2S/c1-7(2)4-19-12(22)20-10(21)6-23-11-9(14)3-8(5-18-11)13(15,16)17/h3,5,7H,4,6H2,1-2H3,(H2,19,20,21,22). The van der Waals surface area contributed by atoms with Crippen LogP contribution in [0.4, 0.5) is 18.0 Å². The zero-order valence-electron chi connectivity index (χ0n) is 12.3. The van der Waals surface area contributed by atoms with Crippen molar-refractivity contribution in [2.75, 3.05) is 12.3 Å². The predicted octanol–water partition coefficient (Wildman–Crippen LogP) is 3.33. The number of alkyl halides is 3. The monoisotopic (exact) mass is 369 g/mol. The van der Waals surface area contributed by atoms with Gasteiger partial charge in [0.05, 0.1) is 16.3 Å². The fourth-order valence-electron chi connectivity index (χ4n) is 1.32. The van der Waals surface area contributed by atoms with Gasteiger partial charge < -0.3 is 5.32 Å². The van der Waals surface area contributed by atoms with E-state index in [4.69, 9.17) is 11.6 Å². The van der Waals surface area contributed by atoms with E-state index >= 15 is 0 Å². The van der Waals surface area contributed by atoms with Gasteiger partial charge in [0.2, 0.25) is 5.91 Å². The third-order valence-electron chi connectivity index (χ3n) is 2.40. The van der Waals surface area contributed by atoms with Gasteiger partial charge in [-0.2, -0.15) is 13.2 Å².